The first-order valence-corrected chi connectivity index (χ1v) is 14.8. The van der Waals surface area contributed by atoms with Gasteiger partial charge in [-0.05, 0) is 88.2 Å². The van der Waals surface area contributed by atoms with Gasteiger partial charge in [-0.2, -0.15) is 0 Å². The summed E-state index contributed by atoms with van der Waals surface area (Å²) >= 11 is 0. The Labute approximate surface area is 263 Å². The number of para-hydroxylation sites is 2. The summed E-state index contributed by atoms with van der Waals surface area (Å²) in [4.78, 5) is 40.4. The summed E-state index contributed by atoms with van der Waals surface area (Å²) in [5.41, 5.74) is 1.51. The van der Waals surface area contributed by atoms with E-state index < -0.39 is 17.3 Å². The maximum Gasteiger partial charge on any atom is 0.412 e. The van der Waals surface area contributed by atoms with Crippen LogP contribution in [0.25, 0.3) is 6.08 Å². The number of likely N-dealkylation sites (tertiary alicyclic amines) is 1. The molecule has 4 N–H and O–H groups in total. The van der Waals surface area contributed by atoms with Gasteiger partial charge >= 0.3 is 6.09 Å². The lowest BCUT2D eigenvalue weighted by molar-refractivity contribution is -0.120. The minimum Gasteiger partial charge on any atom is -0.444 e. The monoisotopic (exact) mass is 616 g/mol. The van der Waals surface area contributed by atoms with E-state index in [-0.39, 0.29) is 29.5 Å². The number of amides is 3. The summed E-state index contributed by atoms with van der Waals surface area (Å²) in [6, 6.07) is 20.1. The lowest BCUT2D eigenvalue weighted by atomic mass is 9.88. The van der Waals surface area contributed by atoms with Crippen molar-refractivity contribution in [3.05, 3.63) is 95.8 Å². The first-order chi connectivity index (χ1) is 21.1. The SMILES string of the molecule is CC(C)(O)CN1CC(C(=O)Nc2ccc(F)cc2)C(c2ccc(/C=C/C(=O)Nc3ccccc3NC(=O)OC(C)(C)C)cc2)C1. The van der Waals surface area contributed by atoms with Crippen LogP contribution in [0.15, 0.2) is 78.9 Å². The molecule has 0 aromatic heterocycles. The van der Waals surface area contributed by atoms with E-state index in [4.69, 9.17) is 4.74 Å². The molecular formula is C35H41FN4O5. The molecule has 0 saturated carbocycles. The van der Waals surface area contributed by atoms with E-state index in [2.05, 4.69) is 20.9 Å². The topological polar surface area (TPSA) is 120 Å². The minimum atomic E-state index is -0.922. The zero-order valence-corrected chi connectivity index (χ0v) is 26.3. The van der Waals surface area contributed by atoms with Gasteiger partial charge in [0.25, 0.3) is 0 Å². The van der Waals surface area contributed by atoms with Crippen LogP contribution in [0.5, 0.6) is 0 Å². The molecule has 9 nitrogen and oxygen atoms in total. The highest BCUT2D eigenvalue weighted by atomic mass is 19.1. The van der Waals surface area contributed by atoms with Crippen molar-refractivity contribution in [1.29, 1.82) is 0 Å². The van der Waals surface area contributed by atoms with Gasteiger partial charge in [0.1, 0.15) is 11.4 Å². The zero-order valence-electron chi connectivity index (χ0n) is 26.3. The number of ether oxygens (including phenoxy) is 1. The van der Waals surface area contributed by atoms with Crippen molar-refractivity contribution in [3.63, 3.8) is 0 Å². The Morgan fingerprint density at radius 3 is 2.11 bits per heavy atom. The third-order valence-electron chi connectivity index (χ3n) is 7.07. The highest BCUT2D eigenvalue weighted by Crippen LogP contribution is 2.35. The van der Waals surface area contributed by atoms with Gasteiger partial charge in [-0.1, -0.05) is 36.4 Å². The first-order valence-electron chi connectivity index (χ1n) is 14.8. The Hall–Kier alpha value is -4.54. The third-order valence-corrected chi connectivity index (χ3v) is 7.07. The summed E-state index contributed by atoms with van der Waals surface area (Å²) in [7, 11) is 0. The molecule has 0 aliphatic carbocycles. The van der Waals surface area contributed by atoms with Crippen LogP contribution >= 0.6 is 0 Å². The number of rotatable bonds is 9. The van der Waals surface area contributed by atoms with Crippen LogP contribution in [-0.2, 0) is 14.3 Å². The van der Waals surface area contributed by atoms with Crippen molar-refractivity contribution >= 4 is 41.0 Å². The summed E-state index contributed by atoms with van der Waals surface area (Å²) in [5, 5.41) is 18.8. The smallest absolute Gasteiger partial charge is 0.412 e. The second kappa shape index (κ2) is 14.0. The number of halogens is 1. The van der Waals surface area contributed by atoms with Crippen molar-refractivity contribution in [1.82, 2.24) is 4.90 Å². The molecule has 2 atom stereocenters. The second-order valence-electron chi connectivity index (χ2n) is 12.9. The molecule has 0 spiro atoms. The number of aliphatic hydroxyl groups is 1. The highest BCUT2D eigenvalue weighted by molar-refractivity contribution is 6.05. The standard InChI is InChI=1S/C35H41FN4O5/c1-34(2,3)45-33(43)39-30-9-7-6-8-29(30)38-31(41)19-12-23-10-13-24(14-11-23)27-20-40(22-35(4,5)44)21-28(27)32(42)37-26-17-15-25(36)16-18-26/h6-19,27-28,44H,20-22H2,1-5H3,(H,37,42)(H,38,41)(H,39,43)/b19-12+. The summed E-state index contributed by atoms with van der Waals surface area (Å²) in [6.07, 6.45) is 2.45. The van der Waals surface area contributed by atoms with Crippen LogP contribution in [0.3, 0.4) is 0 Å². The van der Waals surface area contributed by atoms with Crippen LogP contribution in [0.4, 0.5) is 26.2 Å². The van der Waals surface area contributed by atoms with Crippen molar-refractivity contribution in [2.75, 3.05) is 35.6 Å². The number of hydrogen-bond donors (Lipinski definition) is 4. The van der Waals surface area contributed by atoms with E-state index in [1.54, 1.807) is 65.0 Å². The lowest BCUT2D eigenvalue weighted by Gasteiger charge is -2.25. The van der Waals surface area contributed by atoms with Gasteiger partial charge in [0.15, 0.2) is 0 Å². The number of carbonyl (C=O) groups excluding carboxylic acids is 3. The van der Waals surface area contributed by atoms with Gasteiger partial charge in [0.2, 0.25) is 11.8 Å². The quantitative estimate of drug-likeness (QED) is 0.211. The molecule has 0 radical (unpaired) electrons. The molecule has 3 amide bonds. The number of nitrogens with zero attached hydrogens (tertiary/aromatic N) is 1. The van der Waals surface area contributed by atoms with Gasteiger partial charge in [-0.25, -0.2) is 9.18 Å². The number of anilines is 3. The fraction of sp³-hybridized carbons (Fsp3) is 0.343. The van der Waals surface area contributed by atoms with Crippen molar-refractivity contribution in [2.45, 2.75) is 51.7 Å². The number of carbonyl (C=O) groups is 3. The van der Waals surface area contributed by atoms with E-state index in [0.29, 0.717) is 36.7 Å². The number of benzene rings is 3. The molecule has 238 valence electrons. The van der Waals surface area contributed by atoms with Gasteiger partial charge in [-0.3, -0.25) is 19.8 Å². The molecular weight excluding hydrogens is 575 g/mol. The van der Waals surface area contributed by atoms with Gasteiger partial charge in [0.05, 0.1) is 22.9 Å². The fourth-order valence-electron chi connectivity index (χ4n) is 5.25. The molecule has 10 heteroatoms. The fourth-order valence-corrected chi connectivity index (χ4v) is 5.25. The second-order valence-corrected chi connectivity index (χ2v) is 12.9. The van der Waals surface area contributed by atoms with Crippen LogP contribution < -0.4 is 16.0 Å². The van der Waals surface area contributed by atoms with Crippen LogP contribution in [-0.4, -0.2) is 58.8 Å². The third kappa shape index (κ3) is 10.3. The highest BCUT2D eigenvalue weighted by Gasteiger charge is 2.39. The molecule has 1 heterocycles. The summed E-state index contributed by atoms with van der Waals surface area (Å²) in [5.74, 6) is -1.46. The number of β-amino-alcohol motifs (C(OH)–C–C–N with tert-alkyl or cyclic N) is 1. The Bertz CT molecular complexity index is 1530. The molecule has 1 saturated heterocycles. The molecule has 1 fully saturated rings. The predicted molar refractivity (Wildman–Crippen MR) is 174 cm³/mol. The van der Waals surface area contributed by atoms with Gasteiger partial charge in [-0.15, -0.1) is 0 Å². The maximum atomic E-state index is 13.4. The molecule has 1 aliphatic heterocycles. The molecule has 1 aliphatic rings. The van der Waals surface area contributed by atoms with E-state index in [1.807, 2.05) is 24.3 Å². The molecule has 2 unspecified atom stereocenters. The molecule has 0 bridgehead atoms. The maximum absolute atomic E-state index is 13.4. The van der Waals surface area contributed by atoms with Gasteiger partial charge in [0, 0.05) is 37.3 Å². The van der Waals surface area contributed by atoms with E-state index in [1.165, 1.54) is 30.3 Å². The molecule has 3 aromatic carbocycles. The average Bonchev–Trinajstić information content (AvgIpc) is 3.36. The Kier molecular flexibility index (Phi) is 10.4. The van der Waals surface area contributed by atoms with E-state index in [9.17, 15) is 23.9 Å². The summed E-state index contributed by atoms with van der Waals surface area (Å²) < 4.78 is 18.7. The van der Waals surface area contributed by atoms with Crippen molar-refractivity contribution in [3.8, 4) is 0 Å². The lowest BCUT2D eigenvalue weighted by Crippen LogP contribution is -2.38. The first kappa shape index (κ1) is 33.4. The molecule has 45 heavy (non-hydrogen) atoms. The average molecular weight is 617 g/mol. The summed E-state index contributed by atoms with van der Waals surface area (Å²) in [6.45, 7) is 10.2. The normalized spacial score (nSPS) is 17.2. The van der Waals surface area contributed by atoms with E-state index in [0.717, 1.165) is 11.1 Å². The molecule has 3 aromatic rings. The van der Waals surface area contributed by atoms with Gasteiger partial charge < -0.3 is 20.5 Å². The Morgan fingerprint density at radius 1 is 0.889 bits per heavy atom. The van der Waals surface area contributed by atoms with Crippen molar-refractivity contribution in [2.24, 2.45) is 5.92 Å². The Morgan fingerprint density at radius 2 is 1.51 bits per heavy atom. The number of hydrogen-bond acceptors (Lipinski definition) is 6. The van der Waals surface area contributed by atoms with Crippen molar-refractivity contribution < 1.29 is 28.6 Å². The minimum absolute atomic E-state index is 0.136. The van der Waals surface area contributed by atoms with Crippen LogP contribution in [0, 0.1) is 11.7 Å². The zero-order chi connectivity index (χ0) is 32.8. The number of nitrogens with one attached hydrogen (secondary N) is 3. The van der Waals surface area contributed by atoms with E-state index >= 15 is 0 Å². The largest absolute Gasteiger partial charge is 0.444 e. The van der Waals surface area contributed by atoms with Crippen LogP contribution in [0.1, 0.15) is 51.7 Å². The molecule has 4 rings (SSSR count). The Balaban J connectivity index is 1.43. The van der Waals surface area contributed by atoms with Crippen LogP contribution in [0.2, 0.25) is 0 Å². The predicted octanol–water partition coefficient (Wildman–Crippen LogP) is 6.25.